The highest BCUT2D eigenvalue weighted by Crippen LogP contribution is 2.36. The van der Waals surface area contributed by atoms with Crippen molar-refractivity contribution in [2.24, 2.45) is 5.41 Å². The number of amides is 1. The van der Waals surface area contributed by atoms with Crippen LogP contribution in [0.5, 0.6) is 5.88 Å². The maximum Gasteiger partial charge on any atom is 0.261 e. The Morgan fingerprint density at radius 1 is 1.28 bits per heavy atom. The SMILES string of the molecule is COc1ncccc1-c1cn2nc3c4ncc(C(=O)NCCN5CC(C)(C)C5)cc4[nH]c(=O)c3c2s1. The standard InChI is InChI=1S/C25H25N7O3S/c1-25(2)12-31(13-25)8-7-26-21(33)14-9-16-19(28-10-14)20-18(22(34)29-16)24-32(30-20)11-17(36-24)15-5-4-6-27-23(15)35-3/h4-6,9-11H,7-8,12-13H2,1-3H3,(H,26,33)(H,29,34). The molecule has 0 spiro atoms. The average molecular weight is 504 g/mol. The molecule has 6 heterocycles. The zero-order valence-corrected chi connectivity index (χ0v) is 21.0. The lowest BCUT2D eigenvalue weighted by Gasteiger charge is -2.45. The van der Waals surface area contributed by atoms with Crippen LogP contribution in [-0.2, 0) is 0 Å². The molecule has 1 amide bonds. The molecule has 184 valence electrons. The third-order valence-corrected chi connectivity index (χ3v) is 7.54. The Bertz CT molecular complexity index is 1690. The number of hydrogen-bond donors (Lipinski definition) is 2. The monoisotopic (exact) mass is 503 g/mol. The number of aromatic amines is 1. The van der Waals surface area contributed by atoms with Crippen molar-refractivity contribution in [3.8, 4) is 16.3 Å². The van der Waals surface area contributed by atoms with Crippen molar-refractivity contribution in [2.45, 2.75) is 13.8 Å². The van der Waals surface area contributed by atoms with Gasteiger partial charge in [0.05, 0.1) is 28.6 Å². The number of pyridine rings is 3. The van der Waals surface area contributed by atoms with Crippen LogP contribution >= 0.6 is 11.3 Å². The van der Waals surface area contributed by atoms with Gasteiger partial charge in [-0.1, -0.05) is 13.8 Å². The van der Waals surface area contributed by atoms with Crippen LogP contribution < -0.4 is 15.6 Å². The highest BCUT2D eigenvalue weighted by atomic mass is 32.1. The molecule has 1 aliphatic rings. The van der Waals surface area contributed by atoms with Crippen LogP contribution in [0.1, 0.15) is 24.2 Å². The molecule has 10 nitrogen and oxygen atoms in total. The van der Waals surface area contributed by atoms with Crippen molar-refractivity contribution >= 4 is 44.0 Å². The average Bonchev–Trinajstić information content (AvgIpc) is 3.41. The minimum absolute atomic E-state index is 0.217. The van der Waals surface area contributed by atoms with Crippen molar-refractivity contribution in [3.05, 3.63) is 52.7 Å². The van der Waals surface area contributed by atoms with E-state index in [-0.39, 0.29) is 11.5 Å². The minimum atomic E-state index is -0.279. The van der Waals surface area contributed by atoms with Gasteiger partial charge in [-0.3, -0.25) is 14.6 Å². The lowest BCUT2D eigenvalue weighted by atomic mass is 9.84. The molecule has 6 rings (SSSR count). The fourth-order valence-electron chi connectivity index (χ4n) is 4.89. The number of H-pyrrole nitrogens is 1. The fraction of sp³-hybridized carbons (Fsp3) is 0.320. The maximum absolute atomic E-state index is 13.1. The number of fused-ring (bicyclic) bond motifs is 5. The summed E-state index contributed by atoms with van der Waals surface area (Å²) in [5.74, 6) is 0.290. The fourth-order valence-corrected chi connectivity index (χ4v) is 6.00. The molecule has 2 N–H and O–H groups in total. The Morgan fingerprint density at radius 3 is 2.89 bits per heavy atom. The number of carbonyl (C=O) groups is 1. The van der Waals surface area contributed by atoms with E-state index in [2.05, 4.69) is 44.1 Å². The van der Waals surface area contributed by atoms with Crippen molar-refractivity contribution in [2.75, 3.05) is 33.3 Å². The van der Waals surface area contributed by atoms with E-state index in [0.29, 0.717) is 50.2 Å². The van der Waals surface area contributed by atoms with Gasteiger partial charge in [-0.05, 0) is 23.6 Å². The van der Waals surface area contributed by atoms with E-state index in [4.69, 9.17) is 4.74 Å². The van der Waals surface area contributed by atoms with Crippen LogP contribution in [0, 0.1) is 5.41 Å². The Kier molecular flexibility index (Phi) is 5.27. The van der Waals surface area contributed by atoms with Crippen LogP contribution in [0.15, 0.2) is 41.6 Å². The highest BCUT2D eigenvalue weighted by Gasteiger charge is 2.33. The number of nitrogens with zero attached hydrogens (tertiary/aromatic N) is 5. The molecule has 11 heteroatoms. The third kappa shape index (κ3) is 3.80. The van der Waals surface area contributed by atoms with E-state index >= 15 is 0 Å². The zero-order chi connectivity index (χ0) is 25.0. The van der Waals surface area contributed by atoms with Crippen molar-refractivity contribution in [1.29, 1.82) is 0 Å². The van der Waals surface area contributed by atoms with Crippen LogP contribution in [0.3, 0.4) is 0 Å². The van der Waals surface area contributed by atoms with Crippen molar-refractivity contribution < 1.29 is 9.53 Å². The first-order chi connectivity index (χ1) is 17.3. The normalized spacial score (nSPS) is 15.4. The maximum atomic E-state index is 13.1. The first-order valence-electron chi connectivity index (χ1n) is 11.7. The predicted molar refractivity (Wildman–Crippen MR) is 139 cm³/mol. The van der Waals surface area contributed by atoms with E-state index in [9.17, 15) is 9.59 Å². The predicted octanol–water partition coefficient (Wildman–Crippen LogP) is 2.93. The summed E-state index contributed by atoms with van der Waals surface area (Å²) < 4.78 is 7.06. The summed E-state index contributed by atoms with van der Waals surface area (Å²) in [4.78, 5) is 41.3. The molecule has 0 unspecified atom stereocenters. The smallest absolute Gasteiger partial charge is 0.261 e. The number of likely N-dealkylation sites (tertiary alicyclic amines) is 1. The molecule has 0 radical (unpaired) electrons. The molecule has 0 atom stereocenters. The molecule has 1 saturated heterocycles. The van der Waals surface area contributed by atoms with Gasteiger partial charge in [-0.25, -0.2) is 9.50 Å². The van der Waals surface area contributed by atoms with E-state index < -0.39 is 0 Å². The summed E-state index contributed by atoms with van der Waals surface area (Å²) in [5.41, 5.74) is 2.82. The van der Waals surface area contributed by atoms with Crippen molar-refractivity contribution in [3.63, 3.8) is 0 Å². The summed E-state index contributed by atoms with van der Waals surface area (Å²) in [7, 11) is 1.57. The van der Waals surface area contributed by atoms with Gasteiger partial charge in [0.15, 0.2) is 0 Å². The van der Waals surface area contributed by atoms with Gasteiger partial charge in [0.2, 0.25) is 5.88 Å². The van der Waals surface area contributed by atoms with E-state index in [1.165, 1.54) is 17.5 Å². The van der Waals surface area contributed by atoms with Gasteiger partial charge >= 0.3 is 0 Å². The summed E-state index contributed by atoms with van der Waals surface area (Å²) in [6.45, 7) is 7.92. The topological polar surface area (TPSA) is 118 Å². The largest absolute Gasteiger partial charge is 0.481 e. The van der Waals surface area contributed by atoms with Crippen LogP contribution in [0.2, 0.25) is 0 Å². The number of hydrogen-bond acceptors (Lipinski definition) is 8. The van der Waals surface area contributed by atoms with Gasteiger partial charge in [-0.15, -0.1) is 11.3 Å². The molecule has 5 aromatic rings. The summed E-state index contributed by atoms with van der Waals surface area (Å²) >= 11 is 1.43. The first kappa shape index (κ1) is 22.6. The molecule has 5 aromatic heterocycles. The highest BCUT2D eigenvalue weighted by molar-refractivity contribution is 7.21. The quantitative estimate of drug-likeness (QED) is 0.366. The Balaban J connectivity index is 1.30. The summed E-state index contributed by atoms with van der Waals surface area (Å²) in [5, 5.41) is 8.06. The Hall–Kier alpha value is -3.83. The van der Waals surface area contributed by atoms with E-state index in [1.54, 1.807) is 23.9 Å². The van der Waals surface area contributed by atoms with Crippen LogP contribution in [0.4, 0.5) is 0 Å². The lowest BCUT2D eigenvalue weighted by Crippen LogP contribution is -2.54. The van der Waals surface area contributed by atoms with Gasteiger partial charge < -0.3 is 19.9 Å². The van der Waals surface area contributed by atoms with Crippen molar-refractivity contribution in [1.82, 2.24) is 34.8 Å². The second-order valence-electron chi connectivity index (χ2n) is 9.83. The number of carbonyl (C=O) groups excluding carboxylic acids is 1. The molecule has 1 fully saturated rings. The van der Waals surface area contributed by atoms with Crippen LogP contribution in [-0.4, -0.2) is 68.7 Å². The van der Waals surface area contributed by atoms with Gasteiger partial charge in [0.25, 0.3) is 11.5 Å². The Labute approximate surface area is 209 Å². The van der Waals surface area contributed by atoms with E-state index in [1.807, 2.05) is 18.3 Å². The molecule has 0 aliphatic carbocycles. The number of ether oxygens (including phenoxy) is 1. The zero-order valence-electron chi connectivity index (χ0n) is 20.2. The van der Waals surface area contributed by atoms with Gasteiger partial charge in [0, 0.05) is 44.8 Å². The second kappa shape index (κ2) is 8.38. The summed E-state index contributed by atoms with van der Waals surface area (Å²) in [6, 6.07) is 5.41. The number of methoxy groups -OCH3 is 1. The molecule has 0 bridgehead atoms. The molecular formula is C25H25N7O3S. The van der Waals surface area contributed by atoms with E-state index in [0.717, 1.165) is 30.1 Å². The molecule has 1 aliphatic heterocycles. The van der Waals surface area contributed by atoms with Gasteiger partial charge in [-0.2, -0.15) is 5.10 Å². The lowest BCUT2D eigenvalue weighted by molar-refractivity contribution is 0.0323. The number of aromatic nitrogens is 5. The Morgan fingerprint density at radius 2 is 2.11 bits per heavy atom. The number of rotatable bonds is 6. The minimum Gasteiger partial charge on any atom is -0.481 e. The summed E-state index contributed by atoms with van der Waals surface area (Å²) in [6.07, 6.45) is 5.05. The van der Waals surface area contributed by atoms with Crippen LogP contribution in [0.25, 0.3) is 37.2 Å². The first-order valence-corrected chi connectivity index (χ1v) is 12.5. The number of thiazole rings is 1. The number of nitrogens with one attached hydrogen (secondary N) is 2. The molecule has 36 heavy (non-hydrogen) atoms. The second-order valence-corrected chi connectivity index (χ2v) is 10.9. The molecule has 0 aromatic carbocycles. The third-order valence-electron chi connectivity index (χ3n) is 6.41. The molecule has 0 saturated carbocycles. The van der Waals surface area contributed by atoms with Gasteiger partial charge in [0.1, 0.15) is 21.3 Å². The molecular weight excluding hydrogens is 478 g/mol.